The second-order valence-corrected chi connectivity index (χ2v) is 7.88. The number of nitrogens with zero attached hydrogens (tertiary/aromatic N) is 3. The van der Waals surface area contributed by atoms with E-state index in [9.17, 15) is 0 Å². The van der Waals surface area contributed by atoms with Crippen molar-refractivity contribution in [2.24, 2.45) is 0 Å². The van der Waals surface area contributed by atoms with E-state index < -0.39 is 0 Å². The van der Waals surface area contributed by atoms with Gasteiger partial charge in [-0.25, -0.2) is 0 Å². The topological polar surface area (TPSA) is 28.6 Å². The molecule has 2 aliphatic rings. The minimum absolute atomic E-state index is 0.382. The first-order valence-electron chi connectivity index (χ1n) is 10.4. The first-order chi connectivity index (χ1) is 13.4. The molecule has 3 heterocycles. The number of aromatic nitrogens is 1. The number of piperidine rings is 1. The first kappa shape index (κ1) is 18.6. The summed E-state index contributed by atoms with van der Waals surface area (Å²) in [6.07, 6.45) is 9.00. The first-order valence-corrected chi connectivity index (χ1v) is 10.4. The zero-order valence-corrected chi connectivity index (χ0v) is 16.2. The predicted molar refractivity (Wildman–Crippen MR) is 109 cm³/mol. The van der Waals surface area contributed by atoms with Gasteiger partial charge in [-0.05, 0) is 56.0 Å². The van der Waals surface area contributed by atoms with Crippen molar-refractivity contribution in [1.29, 1.82) is 0 Å². The van der Waals surface area contributed by atoms with Crippen LogP contribution in [0.5, 0.6) is 0 Å². The highest BCUT2D eigenvalue weighted by Gasteiger charge is 2.29. The summed E-state index contributed by atoms with van der Waals surface area (Å²) in [6.45, 7) is 6.48. The van der Waals surface area contributed by atoms with Gasteiger partial charge < -0.3 is 4.74 Å². The highest BCUT2D eigenvalue weighted by Crippen LogP contribution is 2.22. The fraction of sp³-hybridized carbons (Fsp3) is 0.522. The van der Waals surface area contributed by atoms with Crippen LogP contribution in [0.1, 0.15) is 30.4 Å². The Morgan fingerprint density at radius 3 is 2.56 bits per heavy atom. The minimum atomic E-state index is 0.382. The van der Waals surface area contributed by atoms with E-state index in [0.717, 1.165) is 45.1 Å². The lowest BCUT2D eigenvalue weighted by atomic mass is 10.00. The maximum absolute atomic E-state index is 6.06. The molecule has 0 spiro atoms. The van der Waals surface area contributed by atoms with Crippen molar-refractivity contribution in [3.8, 4) is 0 Å². The number of aryl methyl sites for hydroxylation is 1. The Labute approximate surface area is 163 Å². The molecule has 0 amide bonds. The Morgan fingerprint density at radius 2 is 1.78 bits per heavy atom. The number of benzene rings is 1. The summed E-state index contributed by atoms with van der Waals surface area (Å²) < 4.78 is 6.06. The fourth-order valence-electron chi connectivity index (χ4n) is 4.41. The van der Waals surface area contributed by atoms with Crippen molar-refractivity contribution in [2.45, 2.75) is 44.4 Å². The molecule has 4 nitrogen and oxygen atoms in total. The summed E-state index contributed by atoms with van der Waals surface area (Å²) in [5.74, 6) is 0. The van der Waals surface area contributed by atoms with E-state index in [1.54, 1.807) is 0 Å². The Bertz CT molecular complexity index is 671. The molecule has 0 radical (unpaired) electrons. The normalized spacial score (nSPS) is 22.7. The van der Waals surface area contributed by atoms with Crippen molar-refractivity contribution in [2.75, 3.05) is 32.8 Å². The van der Waals surface area contributed by atoms with Gasteiger partial charge in [0, 0.05) is 38.1 Å². The molecule has 4 heteroatoms. The largest absolute Gasteiger partial charge is 0.376 e. The highest BCUT2D eigenvalue weighted by molar-refractivity contribution is 5.14. The number of pyridine rings is 1. The van der Waals surface area contributed by atoms with Gasteiger partial charge in [0.25, 0.3) is 0 Å². The Hall–Kier alpha value is -1.75. The van der Waals surface area contributed by atoms with Crippen LogP contribution in [0, 0.1) is 0 Å². The van der Waals surface area contributed by atoms with Crippen LogP contribution in [0.15, 0.2) is 54.9 Å². The van der Waals surface area contributed by atoms with E-state index in [0.29, 0.717) is 6.10 Å². The second kappa shape index (κ2) is 9.45. The van der Waals surface area contributed by atoms with Crippen molar-refractivity contribution in [3.05, 3.63) is 66.0 Å². The van der Waals surface area contributed by atoms with Crippen LogP contribution >= 0.6 is 0 Å². The monoisotopic (exact) mass is 365 g/mol. The van der Waals surface area contributed by atoms with Crippen molar-refractivity contribution >= 4 is 0 Å². The van der Waals surface area contributed by atoms with Crippen molar-refractivity contribution < 1.29 is 4.74 Å². The molecule has 144 valence electrons. The van der Waals surface area contributed by atoms with Crippen LogP contribution in [0.3, 0.4) is 0 Å². The van der Waals surface area contributed by atoms with Gasteiger partial charge in [0.2, 0.25) is 0 Å². The lowest BCUT2D eigenvalue weighted by Gasteiger charge is -2.42. The summed E-state index contributed by atoms with van der Waals surface area (Å²) in [5.41, 5.74) is 2.74. The molecule has 0 saturated carbocycles. The maximum atomic E-state index is 6.06. The number of hydrogen-bond donors (Lipinski definition) is 0. The van der Waals surface area contributed by atoms with Crippen molar-refractivity contribution in [3.63, 3.8) is 0 Å². The number of ether oxygens (including phenoxy) is 1. The smallest absolute Gasteiger partial charge is 0.0705 e. The zero-order valence-electron chi connectivity index (χ0n) is 16.2. The van der Waals surface area contributed by atoms with Gasteiger partial charge in [-0.1, -0.05) is 36.4 Å². The van der Waals surface area contributed by atoms with E-state index in [1.165, 1.54) is 37.1 Å². The summed E-state index contributed by atoms with van der Waals surface area (Å²) in [5, 5.41) is 0. The third-order valence-corrected chi connectivity index (χ3v) is 5.97. The fourth-order valence-corrected chi connectivity index (χ4v) is 4.41. The molecule has 1 atom stereocenters. The zero-order chi connectivity index (χ0) is 18.3. The third kappa shape index (κ3) is 5.38. The van der Waals surface area contributed by atoms with Gasteiger partial charge in [0.1, 0.15) is 0 Å². The van der Waals surface area contributed by atoms with E-state index in [-0.39, 0.29) is 0 Å². The lowest BCUT2D eigenvalue weighted by molar-refractivity contribution is -0.0547. The molecular weight excluding hydrogens is 334 g/mol. The molecule has 1 aromatic carbocycles. The standard InChI is InChI=1S/C23H31N3O/c1-2-5-20(6-3-1)8-9-23-19-26(15-16-27-23)22-10-13-25(14-11-22)18-21-7-4-12-24-17-21/h1-7,12,17,22-23H,8-11,13-16,18-19H2/t23-/m0/s1. The molecule has 0 aliphatic carbocycles. The van der Waals surface area contributed by atoms with Gasteiger partial charge in [0.05, 0.1) is 12.7 Å². The van der Waals surface area contributed by atoms with Crippen LogP contribution in [-0.2, 0) is 17.7 Å². The van der Waals surface area contributed by atoms with E-state index in [4.69, 9.17) is 4.74 Å². The summed E-state index contributed by atoms with van der Waals surface area (Å²) in [6, 6.07) is 15.7. The van der Waals surface area contributed by atoms with Crippen LogP contribution in [0.4, 0.5) is 0 Å². The molecule has 0 bridgehead atoms. The van der Waals surface area contributed by atoms with Gasteiger partial charge >= 0.3 is 0 Å². The Balaban J connectivity index is 1.22. The average molecular weight is 366 g/mol. The SMILES string of the molecule is c1ccc(CC[C@H]2CN(C3CCN(Cc4cccnc4)CC3)CCO2)cc1. The third-order valence-electron chi connectivity index (χ3n) is 5.97. The Morgan fingerprint density at radius 1 is 0.963 bits per heavy atom. The molecule has 2 fully saturated rings. The highest BCUT2D eigenvalue weighted by atomic mass is 16.5. The molecule has 27 heavy (non-hydrogen) atoms. The number of morpholine rings is 1. The quantitative estimate of drug-likeness (QED) is 0.785. The predicted octanol–water partition coefficient (Wildman–Crippen LogP) is 3.38. The van der Waals surface area contributed by atoms with Crippen LogP contribution in [-0.4, -0.2) is 59.7 Å². The molecular formula is C23H31N3O. The average Bonchev–Trinajstić information content (AvgIpc) is 2.75. The summed E-state index contributed by atoms with van der Waals surface area (Å²) in [4.78, 5) is 9.50. The molecule has 4 rings (SSSR count). The van der Waals surface area contributed by atoms with Gasteiger partial charge in [-0.3, -0.25) is 14.8 Å². The van der Waals surface area contributed by atoms with Gasteiger partial charge in [0.15, 0.2) is 0 Å². The summed E-state index contributed by atoms with van der Waals surface area (Å²) in [7, 11) is 0. The summed E-state index contributed by atoms with van der Waals surface area (Å²) >= 11 is 0. The number of hydrogen-bond acceptors (Lipinski definition) is 4. The minimum Gasteiger partial charge on any atom is -0.376 e. The van der Waals surface area contributed by atoms with E-state index in [1.807, 2.05) is 18.5 Å². The van der Waals surface area contributed by atoms with Gasteiger partial charge in [-0.15, -0.1) is 0 Å². The molecule has 2 aliphatic heterocycles. The number of rotatable bonds is 6. The van der Waals surface area contributed by atoms with E-state index in [2.05, 4.69) is 51.2 Å². The van der Waals surface area contributed by atoms with E-state index >= 15 is 0 Å². The van der Waals surface area contributed by atoms with Crippen LogP contribution in [0.25, 0.3) is 0 Å². The molecule has 1 aromatic heterocycles. The molecule has 2 saturated heterocycles. The Kier molecular flexibility index (Phi) is 6.51. The van der Waals surface area contributed by atoms with Crippen molar-refractivity contribution in [1.82, 2.24) is 14.8 Å². The lowest BCUT2D eigenvalue weighted by Crippen LogP contribution is -2.51. The maximum Gasteiger partial charge on any atom is 0.0705 e. The van der Waals surface area contributed by atoms with Crippen LogP contribution < -0.4 is 0 Å². The molecule has 0 unspecified atom stereocenters. The second-order valence-electron chi connectivity index (χ2n) is 7.88. The number of likely N-dealkylation sites (tertiary alicyclic amines) is 1. The van der Waals surface area contributed by atoms with Gasteiger partial charge in [-0.2, -0.15) is 0 Å². The van der Waals surface area contributed by atoms with Crippen LogP contribution in [0.2, 0.25) is 0 Å². The molecule has 0 N–H and O–H groups in total. The molecule has 2 aromatic rings.